The number of fused-ring (bicyclic) bond motifs is 1. The van der Waals surface area contributed by atoms with E-state index in [1.165, 1.54) is 7.05 Å². The van der Waals surface area contributed by atoms with Crippen molar-refractivity contribution >= 4 is 22.9 Å². The van der Waals surface area contributed by atoms with Gasteiger partial charge in [0.2, 0.25) is 11.7 Å². The highest BCUT2D eigenvalue weighted by Crippen LogP contribution is 2.50. The number of rotatable bonds is 7. The Labute approximate surface area is 227 Å². The summed E-state index contributed by atoms with van der Waals surface area (Å²) < 4.78 is 1.70. The van der Waals surface area contributed by atoms with Crippen LogP contribution in [-0.2, 0) is 4.79 Å². The molecule has 200 valence electrons. The van der Waals surface area contributed by atoms with Gasteiger partial charge in [0, 0.05) is 19.5 Å². The SMILES string of the molecule is C#Cc1nc(NCC(c2ccccc2)c2ccccc2)c2ncn([C@H]3[C@H](O)[C@H](O)[C@@](C)(C(=O)NC)[C@@H]3C)c2n1. The highest BCUT2D eigenvalue weighted by molar-refractivity contribution is 5.85. The van der Waals surface area contributed by atoms with Crippen LogP contribution in [0.1, 0.15) is 42.8 Å². The van der Waals surface area contributed by atoms with Crippen molar-refractivity contribution in [3.8, 4) is 12.3 Å². The van der Waals surface area contributed by atoms with Crippen LogP contribution in [0.3, 0.4) is 0 Å². The second kappa shape index (κ2) is 10.5. The van der Waals surface area contributed by atoms with Gasteiger partial charge in [0.25, 0.3) is 0 Å². The standard InChI is InChI=1S/C30H32N6O3/c1-5-22-34-27(32-16-21(19-12-8-6-9-13-19)20-14-10-7-11-15-20)23-28(35-22)36(17-33-23)24-18(2)30(3,29(39)31-4)26(38)25(24)37/h1,6-15,17-18,21,24-26,37-38H,16H2,2-4H3,(H,31,39)(H,32,34,35)/t18-,24-,25+,26+,30+/m1/s1. The number of benzene rings is 2. The van der Waals surface area contributed by atoms with E-state index in [0.717, 1.165) is 11.1 Å². The fourth-order valence-corrected chi connectivity index (χ4v) is 5.80. The van der Waals surface area contributed by atoms with Crippen molar-refractivity contribution in [2.75, 3.05) is 18.9 Å². The molecule has 1 aliphatic rings. The average Bonchev–Trinajstić information content (AvgIpc) is 3.46. The van der Waals surface area contributed by atoms with E-state index >= 15 is 0 Å². The van der Waals surface area contributed by atoms with E-state index in [1.807, 2.05) is 43.3 Å². The second-order valence-electron chi connectivity index (χ2n) is 10.2. The number of aliphatic hydroxyl groups is 2. The van der Waals surface area contributed by atoms with Gasteiger partial charge in [-0.25, -0.2) is 15.0 Å². The molecule has 0 saturated heterocycles. The van der Waals surface area contributed by atoms with Gasteiger partial charge >= 0.3 is 0 Å². The first-order chi connectivity index (χ1) is 18.8. The van der Waals surface area contributed by atoms with Crippen molar-refractivity contribution in [1.29, 1.82) is 0 Å². The topological polar surface area (TPSA) is 125 Å². The molecular formula is C30H32N6O3. The molecule has 4 N–H and O–H groups in total. The van der Waals surface area contributed by atoms with Gasteiger partial charge in [-0.1, -0.05) is 67.6 Å². The number of anilines is 1. The Hall–Kier alpha value is -4.26. The summed E-state index contributed by atoms with van der Waals surface area (Å²) in [5, 5.41) is 28.1. The minimum absolute atomic E-state index is 0.0360. The molecule has 0 bridgehead atoms. The summed E-state index contributed by atoms with van der Waals surface area (Å²) in [6, 6.07) is 19.7. The van der Waals surface area contributed by atoms with Crippen molar-refractivity contribution in [2.45, 2.75) is 38.0 Å². The first-order valence-electron chi connectivity index (χ1n) is 12.9. The van der Waals surface area contributed by atoms with E-state index < -0.39 is 29.6 Å². The summed E-state index contributed by atoms with van der Waals surface area (Å²) in [7, 11) is 1.52. The van der Waals surface area contributed by atoms with Crippen LogP contribution in [0.4, 0.5) is 5.82 Å². The van der Waals surface area contributed by atoms with E-state index in [0.29, 0.717) is 23.5 Å². The van der Waals surface area contributed by atoms with E-state index in [2.05, 4.69) is 55.8 Å². The molecule has 2 aromatic carbocycles. The quantitative estimate of drug-likeness (QED) is 0.274. The summed E-state index contributed by atoms with van der Waals surface area (Å²) in [6.45, 7) is 4.01. The molecule has 9 heteroatoms. The fraction of sp³-hybridized carbons (Fsp3) is 0.333. The number of carbonyl (C=O) groups is 1. The molecule has 1 amide bonds. The summed E-state index contributed by atoms with van der Waals surface area (Å²) in [5.74, 6) is 2.40. The number of aromatic nitrogens is 4. The van der Waals surface area contributed by atoms with E-state index in [1.54, 1.807) is 17.8 Å². The average molecular weight is 525 g/mol. The van der Waals surface area contributed by atoms with Gasteiger partial charge in [0.1, 0.15) is 6.10 Å². The number of imidazole rings is 1. The van der Waals surface area contributed by atoms with Gasteiger partial charge in [0.15, 0.2) is 17.0 Å². The minimum atomic E-state index is -1.28. The summed E-state index contributed by atoms with van der Waals surface area (Å²) in [5.41, 5.74) is 1.98. The number of hydrogen-bond donors (Lipinski definition) is 4. The third-order valence-corrected chi connectivity index (χ3v) is 8.21. The first-order valence-corrected chi connectivity index (χ1v) is 12.9. The maximum absolute atomic E-state index is 12.7. The van der Waals surface area contributed by atoms with Gasteiger partial charge in [-0.2, -0.15) is 0 Å². The van der Waals surface area contributed by atoms with Crippen LogP contribution in [-0.4, -0.2) is 61.4 Å². The lowest BCUT2D eigenvalue weighted by atomic mass is 9.77. The molecule has 1 aliphatic carbocycles. The van der Waals surface area contributed by atoms with Crippen LogP contribution >= 0.6 is 0 Å². The largest absolute Gasteiger partial charge is 0.389 e. The molecule has 1 fully saturated rings. The zero-order valence-electron chi connectivity index (χ0n) is 22.1. The number of amides is 1. The van der Waals surface area contributed by atoms with Crippen LogP contribution in [0.2, 0.25) is 0 Å². The first kappa shape index (κ1) is 26.4. The third kappa shape index (κ3) is 4.42. The van der Waals surface area contributed by atoms with Gasteiger partial charge in [-0.15, -0.1) is 6.42 Å². The lowest BCUT2D eigenvalue weighted by Crippen LogP contribution is -2.47. The highest BCUT2D eigenvalue weighted by atomic mass is 16.3. The highest BCUT2D eigenvalue weighted by Gasteiger charge is 2.60. The fourth-order valence-electron chi connectivity index (χ4n) is 5.80. The second-order valence-corrected chi connectivity index (χ2v) is 10.2. The molecule has 5 atom stereocenters. The number of terminal acetylenes is 1. The van der Waals surface area contributed by atoms with Crippen molar-refractivity contribution in [3.05, 3.63) is 83.9 Å². The summed E-state index contributed by atoms with van der Waals surface area (Å²) >= 11 is 0. The van der Waals surface area contributed by atoms with Crippen molar-refractivity contribution in [3.63, 3.8) is 0 Å². The molecule has 1 saturated carbocycles. The van der Waals surface area contributed by atoms with Crippen LogP contribution in [0, 0.1) is 23.7 Å². The monoisotopic (exact) mass is 524 g/mol. The Kier molecular flexibility index (Phi) is 7.08. The predicted molar refractivity (Wildman–Crippen MR) is 149 cm³/mol. The van der Waals surface area contributed by atoms with Gasteiger partial charge in [-0.05, 0) is 29.9 Å². The Morgan fingerprint density at radius 2 is 1.72 bits per heavy atom. The molecule has 9 nitrogen and oxygen atoms in total. The predicted octanol–water partition coefficient (Wildman–Crippen LogP) is 2.72. The number of nitrogens with one attached hydrogen (secondary N) is 2. The van der Waals surface area contributed by atoms with Crippen molar-refractivity contribution in [2.24, 2.45) is 11.3 Å². The van der Waals surface area contributed by atoms with Gasteiger partial charge in [0.05, 0.1) is 23.9 Å². The maximum Gasteiger partial charge on any atom is 0.228 e. The van der Waals surface area contributed by atoms with Crippen molar-refractivity contribution < 1.29 is 15.0 Å². The lowest BCUT2D eigenvalue weighted by Gasteiger charge is -2.31. The molecule has 0 unspecified atom stereocenters. The van der Waals surface area contributed by atoms with E-state index in [4.69, 9.17) is 6.42 Å². The molecule has 2 heterocycles. The normalized spacial score (nSPS) is 24.5. The number of aliphatic hydroxyl groups excluding tert-OH is 2. The molecule has 0 radical (unpaired) electrons. The summed E-state index contributed by atoms with van der Waals surface area (Å²) in [6.07, 6.45) is 4.78. The molecular weight excluding hydrogens is 492 g/mol. The maximum atomic E-state index is 12.7. The van der Waals surface area contributed by atoms with Gasteiger partial charge in [-0.3, -0.25) is 4.79 Å². The van der Waals surface area contributed by atoms with Crippen LogP contribution in [0.25, 0.3) is 11.2 Å². The number of nitrogens with zero attached hydrogens (tertiary/aromatic N) is 4. The van der Waals surface area contributed by atoms with Crippen LogP contribution < -0.4 is 10.6 Å². The molecule has 39 heavy (non-hydrogen) atoms. The number of carbonyl (C=O) groups excluding carboxylic acids is 1. The van der Waals surface area contributed by atoms with Crippen molar-refractivity contribution in [1.82, 2.24) is 24.8 Å². The zero-order valence-corrected chi connectivity index (χ0v) is 22.1. The molecule has 0 aliphatic heterocycles. The van der Waals surface area contributed by atoms with Gasteiger partial charge < -0.3 is 25.4 Å². The third-order valence-electron chi connectivity index (χ3n) is 8.21. The van der Waals surface area contributed by atoms with Crippen LogP contribution in [0.5, 0.6) is 0 Å². The Balaban J connectivity index is 1.53. The smallest absolute Gasteiger partial charge is 0.228 e. The minimum Gasteiger partial charge on any atom is -0.389 e. The Morgan fingerprint density at radius 3 is 2.28 bits per heavy atom. The zero-order chi connectivity index (χ0) is 27.7. The van der Waals surface area contributed by atoms with E-state index in [9.17, 15) is 15.0 Å². The van der Waals surface area contributed by atoms with E-state index in [-0.39, 0.29) is 17.6 Å². The molecule has 2 aromatic heterocycles. The number of hydrogen-bond acceptors (Lipinski definition) is 7. The Bertz CT molecular complexity index is 1480. The van der Waals surface area contributed by atoms with Crippen LogP contribution in [0.15, 0.2) is 67.0 Å². The lowest BCUT2D eigenvalue weighted by molar-refractivity contribution is -0.139. The summed E-state index contributed by atoms with van der Waals surface area (Å²) in [4.78, 5) is 26.4. The Morgan fingerprint density at radius 1 is 1.10 bits per heavy atom. The molecule has 4 aromatic rings. The molecule has 0 spiro atoms. The molecule has 5 rings (SSSR count).